The molecule has 9 nitrogen and oxygen atoms in total. The molecule has 0 bridgehead atoms. The van der Waals surface area contributed by atoms with Crippen LogP contribution in [0.4, 0.5) is 11.8 Å². The predicted octanol–water partition coefficient (Wildman–Crippen LogP) is 3.35. The Kier molecular flexibility index (Phi) is 4.40. The highest BCUT2D eigenvalue weighted by Gasteiger charge is 2.18. The first-order chi connectivity index (χ1) is 13.4. The van der Waals surface area contributed by atoms with Crippen LogP contribution in [-0.4, -0.2) is 30.2 Å². The molecule has 0 saturated heterocycles. The molecule has 142 valence electrons. The Hall–Kier alpha value is -3.53. The van der Waals surface area contributed by atoms with Gasteiger partial charge in [0, 0.05) is 7.05 Å². The Balaban J connectivity index is 1.51. The summed E-state index contributed by atoms with van der Waals surface area (Å²) in [6.07, 6.45) is 0. The molecule has 0 atom stereocenters. The third-order valence-corrected chi connectivity index (χ3v) is 5.36. The van der Waals surface area contributed by atoms with Crippen LogP contribution in [0.3, 0.4) is 0 Å². The number of thiophene rings is 1. The van der Waals surface area contributed by atoms with E-state index in [9.17, 15) is 14.9 Å². The van der Waals surface area contributed by atoms with Crippen LogP contribution in [0.25, 0.3) is 11.0 Å². The highest BCUT2D eigenvalue weighted by Crippen LogP contribution is 2.21. The second-order valence-corrected chi connectivity index (χ2v) is 7.23. The van der Waals surface area contributed by atoms with Gasteiger partial charge in [0.1, 0.15) is 0 Å². The molecule has 0 unspecified atom stereocenters. The Labute approximate surface area is 163 Å². The number of nitrogens with one attached hydrogen (secondary N) is 1. The van der Waals surface area contributed by atoms with E-state index in [1.165, 1.54) is 17.4 Å². The van der Waals surface area contributed by atoms with Crippen molar-refractivity contribution in [2.45, 2.75) is 13.5 Å². The van der Waals surface area contributed by atoms with Gasteiger partial charge >= 0.3 is 5.82 Å². The maximum absolute atomic E-state index is 12.6. The minimum absolute atomic E-state index is 0.187. The number of hydrogen-bond donors (Lipinski definition) is 1. The zero-order valence-corrected chi connectivity index (χ0v) is 15.9. The number of aryl methyl sites for hydroxylation is 2. The third kappa shape index (κ3) is 3.25. The zero-order valence-electron chi connectivity index (χ0n) is 15.1. The van der Waals surface area contributed by atoms with Crippen molar-refractivity contribution in [2.24, 2.45) is 7.05 Å². The summed E-state index contributed by atoms with van der Waals surface area (Å²) in [5.41, 5.74) is 3.27. The average molecular weight is 396 g/mol. The van der Waals surface area contributed by atoms with Crippen LogP contribution in [0.1, 0.15) is 20.9 Å². The van der Waals surface area contributed by atoms with E-state index >= 15 is 0 Å². The fraction of sp³-hybridized carbons (Fsp3) is 0.167. The van der Waals surface area contributed by atoms with Crippen molar-refractivity contribution < 1.29 is 9.72 Å². The van der Waals surface area contributed by atoms with E-state index in [0.29, 0.717) is 23.1 Å². The van der Waals surface area contributed by atoms with Gasteiger partial charge in [0.2, 0.25) is 5.95 Å². The van der Waals surface area contributed by atoms with Crippen molar-refractivity contribution in [1.29, 1.82) is 0 Å². The van der Waals surface area contributed by atoms with Crippen LogP contribution in [-0.2, 0) is 13.6 Å². The summed E-state index contributed by atoms with van der Waals surface area (Å²) in [7, 11) is 1.85. The molecule has 3 aromatic heterocycles. The SMILES string of the molecule is Cc1cc([N+](=O)[O-])nn1Cc1csc(C(=O)Nc2nc3ccccc3n2C)c1. The number of aromatic nitrogens is 4. The lowest BCUT2D eigenvalue weighted by atomic mass is 10.3. The molecule has 3 heterocycles. The van der Waals surface area contributed by atoms with E-state index < -0.39 is 4.92 Å². The number of nitro groups is 1. The van der Waals surface area contributed by atoms with Gasteiger partial charge < -0.3 is 14.7 Å². The molecule has 28 heavy (non-hydrogen) atoms. The maximum atomic E-state index is 12.6. The number of benzene rings is 1. The predicted molar refractivity (Wildman–Crippen MR) is 106 cm³/mol. The van der Waals surface area contributed by atoms with Gasteiger partial charge in [-0.15, -0.1) is 11.3 Å². The number of carbonyl (C=O) groups is 1. The summed E-state index contributed by atoms with van der Waals surface area (Å²) in [4.78, 5) is 27.9. The van der Waals surface area contributed by atoms with Gasteiger partial charge in [-0.3, -0.25) is 10.1 Å². The van der Waals surface area contributed by atoms with Gasteiger partial charge in [0.25, 0.3) is 5.91 Å². The minimum Gasteiger partial charge on any atom is -0.358 e. The normalized spacial score (nSPS) is 11.1. The van der Waals surface area contributed by atoms with E-state index in [-0.39, 0.29) is 11.7 Å². The number of carbonyl (C=O) groups excluding carboxylic acids is 1. The molecule has 1 amide bonds. The Morgan fingerprint density at radius 1 is 1.32 bits per heavy atom. The van der Waals surface area contributed by atoms with E-state index in [2.05, 4.69) is 15.4 Å². The van der Waals surface area contributed by atoms with Crippen LogP contribution in [0.2, 0.25) is 0 Å². The van der Waals surface area contributed by atoms with Gasteiger partial charge in [-0.05, 0) is 41.0 Å². The highest BCUT2D eigenvalue weighted by atomic mass is 32.1. The lowest BCUT2D eigenvalue weighted by molar-refractivity contribution is -0.389. The van der Waals surface area contributed by atoms with Gasteiger partial charge in [-0.25, -0.2) is 4.98 Å². The molecule has 0 radical (unpaired) electrons. The average Bonchev–Trinajstić information content (AvgIpc) is 3.35. The quantitative estimate of drug-likeness (QED) is 0.411. The summed E-state index contributed by atoms with van der Waals surface area (Å²) in [6.45, 7) is 2.11. The number of para-hydroxylation sites is 2. The number of fused-ring (bicyclic) bond motifs is 1. The molecule has 0 aliphatic rings. The number of hydrogen-bond acceptors (Lipinski definition) is 6. The molecule has 10 heteroatoms. The molecular formula is C18H16N6O3S. The second-order valence-electron chi connectivity index (χ2n) is 6.32. The van der Waals surface area contributed by atoms with Crippen LogP contribution >= 0.6 is 11.3 Å². The molecule has 1 aromatic carbocycles. The fourth-order valence-corrected chi connectivity index (χ4v) is 3.71. The Bertz CT molecular complexity index is 1210. The summed E-state index contributed by atoms with van der Waals surface area (Å²) >= 11 is 1.30. The van der Waals surface area contributed by atoms with Gasteiger partial charge in [-0.2, -0.15) is 4.68 Å². The van der Waals surface area contributed by atoms with Gasteiger partial charge in [-0.1, -0.05) is 12.1 Å². The molecule has 4 rings (SSSR count). The van der Waals surface area contributed by atoms with E-state index in [1.54, 1.807) is 17.7 Å². The first kappa shape index (κ1) is 17.9. The van der Waals surface area contributed by atoms with Crippen LogP contribution < -0.4 is 5.32 Å². The first-order valence-electron chi connectivity index (χ1n) is 8.41. The number of nitrogens with zero attached hydrogens (tertiary/aromatic N) is 5. The van der Waals surface area contributed by atoms with Crippen LogP contribution in [0.5, 0.6) is 0 Å². The summed E-state index contributed by atoms with van der Waals surface area (Å²) in [5, 5.41) is 19.5. The standard InChI is InChI=1S/C18H16N6O3S/c1-11-7-16(24(26)27)21-23(11)9-12-8-15(28-10-12)17(25)20-18-19-13-5-3-4-6-14(13)22(18)2/h3-8,10H,9H2,1-2H3,(H,19,20,25). The fourth-order valence-electron chi connectivity index (χ4n) is 2.91. The smallest absolute Gasteiger partial charge is 0.358 e. The molecule has 0 fully saturated rings. The summed E-state index contributed by atoms with van der Waals surface area (Å²) < 4.78 is 3.38. The van der Waals surface area contributed by atoms with Crippen molar-refractivity contribution in [1.82, 2.24) is 19.3 Å². The first-order valence-corrected chi connectivity index (χ1v) is 9.29. The van der Waals surface area contributed by atoms with E-state index in [0.717, 1.165) is 16.6 Å². The molecule has 4 aromatic rings. The molecule has 0 saturated carbocycles. The summed E-state index contributed by atoms with van der Waals surface area (Å²) in [6, 6.07) is 10.8. The third-order valence-electron chi connectivity index (χ3n) is 4.38. The van der Waals surface area contributed by atoms with Crippen molar-refractivity contribution in [3.05, 3.63) is 68.0 Å². The molecular weight excluding hydrogens is 380 g/mol. The number of imidazole rings is 1. The second kappa shape index (κ2) is 6.89. The monoisotopic (exact) mass is 396 g/mol. The minimum atomic E-state index is -0.521. The topological polar surface area (TPSA) is 108 Å². The largest absolute Gasteiger partial charge is 0.390 e. The van der Waals surface area contributed by atoms with Gasteiger partial charge in [0.05, 0.1) is 39.3 Å². The van der Waals surface area contributed by atoms with Crippen molar-refractivity contribution >= 4 is 40.0 Å². The molecule has 1 N–H and O–H groups in total. The Morgan fingerprint density at radius 2 is 2.11 bits per heavy atom. The molecule has 0 aliphatic heterocycles. The number of rotatable bonds is 5. The Morgan fingerprint density at radius 3 is 2.82 bits per heavy atom. The number of amides is 1. The lowest BCUT2D eigenvalue weighted by Gasteiger charge is -2.03. The van der Waals surface area contributed by atoms with E-state index in [1.807, 2.05) is 41.3 Å². The highest BCUT2D eigenvalue weighted by molar-refractivity contribution is 7.12. The van der Waals surface area contributed by atoms with Gasteiger partial charge in [0.15, 0.2) is 0 Å². The van der Waals surface area contributed by atoms with Crippen molar-refractivity contribution in [3.8, 4) is 0 Å². The van der Waals surface area contributed by atoms with Crippen LogP contribution in [0.15, 0.2) is 41.8 Å². The van der Waals surface area contributed by atoms with E-state index in [4.69, 9.17) is 0 Å². The summed E-state index contributed by atoms with van der Waals surface area (Å²) in [5.74, 6) is 0.0325. The number of anilines is 1. The van der Waals surface area contributed by atoms with Crippen molar-refractivity contribution in [3.63, 3.8) is 0 Å². The maximum Gasteiger partial charge on any atom is 0.390 e. The lowest BCUT2D eigenvalue weighted by Crippen LogP contribution is -2.13. The zero-order chi connectivity index (χ0) is 19.8. The van der Waals surface area contributed by atoms with Crippen LogP contribution in [0, 0.1) is 17.0 Å². The van der Waals surface area contributed by atoms with Crippen molar-refractivity contribution in [2.75, 3.05) is 5.32 Å². The molecule has 0 spiro atoms. The molecule has 0 aliphatic carbocycles.